The van der Waals surface area contributed by atoms with Gasteiger partial charge >= 0.3 is 0 Å². The Hall–Kier alpha value is -2.49. The van der Waals surface area contributed by atoms with Gasteiger partial charge in [0.15, 0.2) is 5.49 Å². The molecular formula is C19H16BrClN4O3S. The minimum absolute atomic E-state index is 0.434. The van der Waals surface area contributed by atoms with Gasteiger partial charge in [0.2, 0.25) is 15.0 Å². The third kappa shape index (κ3) is 4.12. The molecule has 0 bridgehead atoms. The van der Waals surface area contributed by atoms with Crippen LogP contribution in [0.1, 0.15) is 11.1 Å². The largest absolute Gasteiger partial charge is 0.298 e. The molecule has 1 aromatic heterocycles. The maximum Gasteiger partial charge on any atom is 0.298 e. The molecule has 0 aliphatic carbocycles. The first kappa shape index (κ1) is 21.2. The summed E-state index contributed by atoms with van der Waals surface area (Å²) < 4.78 is 27.9. The Bertz CT molecular complexity index is 1350. The molecule has 0 radical (unpaired) electrons. The van der Waals surface area contributed by atoms with E-state index in [0.717, 1.165) is 4.57 Å². The highest BCUT2D eigenvalue weighted by Crippen LogP contribution is 2.21. The quantitative estimate of drug-likeness (QED) is 0.430. The zero-order chi connectivity index (χ0) is 21.3. The lowest BCUT2D eigenvalue weighted by molar-refractivity contribution is 0.604. The number of nitrogens with one attached hydrogen (secondary N) is 2. The number of benzene rings is 2. The molecular weight excluding hydrogens is 480 g/mol. The predicted octanol–water partition coefficient (Wildman–Crippen LogP) is 3.24. The lowest BCUT2D eigenvalue weighted by Gasteiger charge is -2.14. The van der Waals surface area contributed by atoms with Crippen LogP contribution in [-0.4, -0.2) is 22.7 Å². The minimum Gasteiger partial charge on any atom is -0.279 e. The monoisotopic (exact) mass is 494 g/mol. The molecule has 1 heterocycles. The number of hydrogen-bond acceptors (Lipinski definition) is 5. The van der Waals surface area contributed by atoms with Crippen molar-refractivity contribution in [3.05, 3.63) is 91.3 Å². The van der Waals surface area contributed by atoms with Crippen LogP contribution >= 0.6 is 27.5 Å². The van der Waals surface area contributed by atoms with Crippen LogP contribution < -0.4 is 11.0 Å². The fourth-order valence-electron chi connectivity index (χ4n) is 2.75. The van der Waals surface area contributed by atoms with Gasteiger partial charge in [-0.25, -0.2) is 8.42 Å². The smallest absolute Gasteiger partial charge is 0.279 e. The summed E-state index contributed by atoms with van der Waals surface area (Å²) in [4.78, 5) is 12.7. The fraction of sp³-hybridized carbons (Fsp3) is 0.105. The van der Waals surface area contributed by atoms with Gasteiger partial charge in [-0.15, -0.1) is 0 Å². The van der Waals surface area contributed by atoms with Crippen LogP contribution in [-0.2, 0) is 15.6 Å². The zero-order valence-electron chi connectivity index (χ0n) is 15.2. The summed E-state index contributed by atoms with van der Waals surface area (Å²) in [5.41, 5.74) is 0.189. The van der Waals surface area contributed by atoms with Crippen LogP contribution in [0.5, 0.6) is 0 Å². The Morgan fingerprint density at radius 1 is 1.14 bits per heavy atom. The molecule has 0 amide bonds. The van der Waals surface area contributed by atoms with E-state index in [9.17, 15) is 13.2 Å². The summed E-state index contributed by atoms with van der Waals surface area (Å²) >= 11 is 9.39. The summed E-state index contributed by atoms with van der Waals surface area (Å²) in [5, 5.41) is 15.9. The molecule has 0 saturated heterocycles. The van der Waals surface area contributed by atoms with E-state index >= 15 is 0 Å². The fourth-order valence-corrected chi connectivity index (χ4v) is 4.78. The molecule has 2 aromatic carbocycles. The lowest BCUT2D eigenvalue weighted by Crippen LogP contribution is -2.44. The second-order valence-corrected chi connectivity index (χ2v) is 9.40. The van der Waals surface area contributed by atoms with Crippen molar-refractivity contribution in [2.24, 2.45) is 0 Å². The molecule has 3 rings (SSSR count). The van der Waals surface area contributed by atoms with Crippen LogP contribution in [0.2, 0.25) is 5.02 Å². The molecule has 150 valence electrons. The summed E-state index contributed by atoms with van der Waals surface area (Å²) in [6.07, 6.45) is 2.53. The third-order valence-corrected chi connectivity index (χ3v) is 7.00. The first-order valence-electron chi connectivity index (χ1n) is 8.33. The van der Waals surface area contributed by atoms with Crippen LogP contribution in [0.15, 0.2) is 64.1 Å². The minimum atomic E-state index is -4.09. The van der Waals surface area contributed by atoms with E-state index in [2.05, 4.69) is 15.9 Å². The van der Waals surface area contributed by atoms with Crippen LogP contribution in [0.4, 0.5) is 0 Å². The summed E-state index contributed by atoms with van der Waals surface area (Å²) in [7, 11) is -4.09. The number of sulfone groups is 1. The van der Waals surface area contributed by atoms with E-state index in [0.29, 0.717) is 26.3 Å². The number of halogens is 2. The van der Waals surface area contributed by atoms with Gasteiger partial charge in [0.1, 0.15) is 0 Å². The van der Waals surface area contributed by atoms with Crippen LogP contribution in [0, 0.1) is 17.7 Å². The van der Waals surface area contributed by atoms with Crippen molar-refractivity contribution in [1.82, 2.24) is 9.13 Å². The molecule has 0 atom stereocenters. The summed E-state index contributed by atoms with van der Waals surface area (Å²) in [6, 6.07) is 11.8. The molecule has 0 unspecified atom stereocenters. The highest BCUT2D eigenvalue weighted by Gasteiger charge is 2.23. The Morgan fingerprint density at radius 2 is 1.83 bits per heavy atom. The molecule has 0 saturated carbocycles. The van der Waals surface area contributed by atoms with Gasteiger partial charge in [-0.2, -0.15) is 0 Å². The Kier molecular flexibility index (Phi) is 5.92. The molecule has 0 spiro atoms. The van der Waals surface area contributed by atoms with Crippen molar-refractivity contribution in [1.29, 1.82) is 10.8 Å². The topological polar surface area (TPSA) is 109 Å². The number of nitrogens with zero attached hydrogens (tertiary/aromatic N) is 2. The number of aromatic nitrogens is 2. The molecule has 0 fully saturated rings. The molecule has 0 aliphatic rings. The predicted molar refractivity (Wildman–Crippen MR) is 116 cm³/mol. The van der Waals surface area contributed by atoms with Gasteiger partial charge in [0.05, 0.1) is 11.4 Å². The van der Waals surface area contributed by atoms with Crippen molar-refractivity contribution < 1.29 is 8.42 Å². The maximum atomic E-state index is 12.7. The van der Waals surface area contributed by atoms with Gasteiger partial charge < -0.3 is 0 Å². The van der Waals surface area contributed by atoms with Gasteiger partial charge in [0, 0.05) is 21.9 Å². The SMILES string of the molecule is Cc1c(Cl)cccc1-n1ccn(C(=N)S(=O)(=O)Cc2ccccc2Br)c(=N)c1=O. The lowest BCUT2D eigenvalue weighted by atomic mass is 10.2. The van der Waals surface area contributed by atoms with Crippen molar-refractivity contribution in [3.8, 4) is 5.69 Å². The van der Waals surface area contributed by atoms with Crippen molar-refractivity contribution >= 4 is 42.5 Å². The summed E-state index contributed by atoms with van der Waals surface area (Å²) in [6.45, 7) is 1.74. The molecule has 3 aromatic rings. The highest BCUT2D eigenvalue weighted by molar-refractivity contribution is 9.10. The van der Waals surface area contributed by atoms with Crippen LogP contribution in [0.3, 0.4) is 0 Å². The van der Waals surface area contributed by atoms with Crippen molar-refractivity contribution in [3.63, 3.8) is 0 Å². The van der Waals surface area contributed by atoms with E-state index in [1.807, 2.05) is 0 Å². The van der Waals surface area contributed by atoms with Gasteiger partial charge in [-0.3, -0.25) is 24.7 Å². The molecule has 10 heteroatoms. The van der Waals surface area contributed by atoms with Gasteiger partial charge in [-0.05, 0) is 36.2 Å². The normalized spacial score (nSPS) is 11.4. The number of rotatable bonds is 3. The molecule has 7 nitrogen and oxygen atoms in total. The first-order valence-corrected chi connectivity index (χ1v) is 11.2. The maximum absolute atomic E-state index is 12.7. The van der Waals surface area contributed by atoms with E-state index < -0.39 is 31.8 Å². The summed E-state index contributed by atoms with van der Waals surface area (Å²) in [5.74, 6) is -0.434. The molecule has 0 aliphatic heterocycles. The second-order valence-electron chi connectivity index (χ2n) is 6.23. The van der Waals surface area contributed by atoms with Gasteiger partial charge in [0.25, 0.3) is 5.56 Å². The second kappa shape index (κ2) is 8.10. The van der Waals surface area contributed by atoms with Crippen LogP contribution in [0.25, 0.3) is 5.69 Å². The van der Waals surface area contributed by atoms with E-state index in [-0.39, 0.29) is 0 Å². The Morgan fingerprint density at radius 3 is 2.52 bits per heavy atom. The number of hydrogen-bond donors (Lipinski definition) is 2. The Labute approximate surface area is 180 Å². The van der Waals surface area contributed by atoms with Crippen molar-refractivity contribution in [2.75, 3.05) is 0 Å². The van der Waals surface area contributed by atoms with E-state index in [4.69, 9.17) is 22.4 Å². The third-order valence-electron chi connectivity index (χ3n) is 4.34. The van der Waals surface area contributed by atoms with Gasteiger partial charge in [-0.1, -0.05) is 51.8 Å². The molecule has 2 N–H and O–H groups in total. The van der Waals surface area contributed by atoms with Crippen molar-refractivity contribution in [2.45, 2.75) is 12.7 Å². The average Bonchev–Trinajstić information content (AvgIpc) is 2.68. The Balaban J connectivity index is 2.04. The highest BCUT2D eigenvalue weighted by atomic mass is 79.9. The first-order chi connectivity index (χ1) is 13.6. The standard InChI is InChI=1S/C19H16BrClN4O3S/c1-12-15(21)7-4-8-16(12)24-9-10-25(17(22)18(24)26)19(23)29(27,28)11-13-5-2-3-6-14(13)20/h2-10,22-23H,11H2,1H3. The average molecular weight is 496 g/mol. The van der Waals surface area contributed by atoms with E-state index in [1.165, 1.54) is 17.0 Å². The zero-order valence-corrected chi connectivity index (χ0v) is 18.3. The van der Waals surface area contributed by atoms with E-state index in [1.54, 1.807) is 49.4 Å². The molecule has 29 heavy (non-hydrogen) atoms.